The van der Waals surface area contributed by atoms with Crippen LogP contribution in [0.5, 0.6) is 0 Å². The molecule has 1 amide bonds. The number of nitrogens with zero attached hydrogens (tertiary/aromatic N) is 2. The second kappa shape index (κ2) is 11.5. The van der Waals surface area contributed by atoms with E-state index in [9.17, 15) is 13.2 Å². The fraction of sp³-hybridized carbons (Fsp3) is 0.417. The van der Waals surface area contributed by atoms with E-state index < -0.39 is 22.2 Å². The zero-order chi connectivity index (χ0) is 24.8. The van der Waals surface area contributed by atoms with Crippen molar-refractivity contribution in [3.05, 3.63) is 58.8 Å². The van der Waals surface area contributed by atoms with Crippen LogP contribution >= 0.6 is 11.6 Å². The third-order valence-corrected chi connectivity index (χ3v) is 8.04. The van der Waals surface area contributed by atoms with Crippen LogP contribution in [-0.4, -0.2) is 55.6 Å². The first-order valence-electron chi connectivity index (χ1n) is 11.6. The average molecular weight is 521 g/mol. The van der Waals surface area contributed by atoms with Gasteiger partial charge in [-0.3, -0.25) is 4.79 Å². The molecule has 9 nitrogen and oxygen atoms in total. The monoisotopic (exact) mass is 520 g/mol. The van der Waals surface area contributed by atoms with Crippen LogP contribution < -0.4 is 10.8 Å². The number of nitrogens with one attached hydrogen (secondary N) is 2. The molecule has 35 heavy (non-hydrogen) atoms. The summed E-state index contributed by atoms with van der Waals surface area (Å²) in [6.45, 7) is 3.28. The highest BCUT2D eigenvalue weighted by molar-refractivity contribution is 7.89. The van der Waals surface area contributed by atoms with Crippen LogP contribution in [0.2, 0.25) is 5.02 Å². The van der Waals surface area contributed by atoms with Crippen LogP contribution in [0.4, 0.5) is 5.82 Å². The number of benzene rings is 1. The van der Waals surface area contributed by atoms with Crippen LogP contribution in [0, 0.1) is 6.92 Å². The van der Waals surface area contributed by atoms with Crippen LogP contribution in [0.3, 0.4) is 0 Å². The Morgan fingerprint density at radius 1 is 1.26 bits per heavy atom. The summed E-state index contributed by atoms with van der Waals surface area (Å²) in [5.41, 5.74) is 4.00. The molecule has 2 atom stereocenters. The quantitative estimate of drug-likeness (QED) is 0.405. The van der Waals surface area contributed by atoms with Crippen LogP contribution in [0.25, 0.3) is 6.08 Å². The average Bonchev–Trinajstić information content (AvgIpc) is 3.33. The first-order chi connectivity index (χ1) is 16.8. The lowest BCUT2D eigenvalue weighted by Gasteiger charge is -2.21. The van der Waals surface area contributed by atoms with Crippen molar-refractivity contribution >= 4 is 39.4 Å². The number of aromatic nitrogens is 1. The second-order valence-corrected chi connectivity index (χ2v) is 11.0. The summed E-state index contributed by atoms with van der Waals surface area (Å²) in [6, 6.07) is 8.41. The summed E-state index contributed by atoms with van der Waals surface area (Å²) in [4.78, 5) is 21.9. The largest absolute Gasteiger partial charge is 0.365 e. The molecule has 2 aliphatic rings. The Labute approximate surface area is 210 Å². The van der Waals surface area contributed by atoms with Crippen LogP contribution in [0.15, 0.2) is 47.5 Å². The van der Waals surface area contributed by atoms with Crippen molar-refractivity contribution in [3.63, 3.8) is 0 Å². The van der Waals surface area contributed by atoms with Crippen molar-refractivity contribution < 1.29 is 22.8 Å². The van der Waals surface area contributed by atoms with Gasteiger partial charge >= 0.3 is 0 Å². The molecule has 2 aromatic rings. The van der Waals surface area contributed by atoms with Crippen molar-refractivity contribution in [2.75, 3.05) is 25.0 Å². The maximum atomic E-state index is 12.9. The standard InChI is InChI=1S/C24H29ClN4O5S/c1-17-5-8-20(9-6-17)35(31,32)29-12-11-19(16-29)27-24-21(25)14-18(15-26-24)7-10-22(30)28-34-23-4-2-3-13-33-23/h5-10,14-15,19,23H,2-4,11-13,16H2,1H3,(H,26,27)(H,28,30)/t19-,23?/m1/s1. The third-order valence-electron chi connectivity index (χ3n) is 5.87. The summed E-state index contributed by atoms with van der Waals surface area (Å²) in [7, 11) is -3.55. The van der Waals surface area contributed by atoms with Gasteiger partial charge < -0.3 is 10.1 Å². The normalized spacial score (nSPS) is 21.3. The minimum absolute atomic E-state index is 0.119. The summed E-state index contributed by atoms with van der Waals surface area (Å²) in [5, 5.41) is 3.61. The second-order valence-electron chi connectivity index (χ2n) is 8.62. The maximum absolute atomic E-state index is 12.9. The number of amides is 1. The van der Waals surface area contributed by atoms with E-state index in [-0.39, 0.29) is 10.9 Å². The molecule has 0 radical (unpaired) electrons. The molecule has 2 aliphatic heterocycles. The summed E-state index contributed by atoms with van der Waals surface area (Å²) in [5.74, 6) is 0.0453. The molecule has 2 fully saturated rings. The SMILES string of the molecule is Cc1ccc(S(=O)(=O)N2CC[C@@H](Nc3ncc(C=CC(=O)NOC4CCCCO4)cc3Cl)C2)cc1. The number of pyridine rings is 1. The predicted octanol–water partition coefficient (Wildman–Crippen LogP) is 3.51. The molecule has 1 aromatic heterocycles. The number of carbonyl (C=O) groups excluding carboxylic acids is 1. The Hall–Kier alpha value is -2.50. The van der Waals surface area contributed by atoms with Crippen molar-refractivity contribution in [3.8, 4) is 0 Å². The molecule has 1 aromatic carbocycles. The van der Waals surface area contributed by atoms with Crippen molar-refractivity contribution in [1.82, 2.24) is 14.8 Å². The Kier molecular flexibility index (Phi) is 8.40. The third kappa shape index (κ3) is 6.80. The van der Waals surface area contributed by atoms with Gasteiger partial charge in [0.1, 0.15) is 5.82 Å². The molecule has 0 spiro atoms. The number of anilines is 1. The van der Waals surface area contributed by atoms with Crippen molar-refractivity contribution in [2.24, 2.45) is 0 Å². The fourth-order valence-electron chi connectivity index (χ4n) is 3.90. The molecule has 0 bridgehead atoms. The lowest BCUT2D eigenvalue weighted by Crippen LogP contribution is -2.32. The number of carbonyl (C=O) groups is 1. The zero-order valence-corrected chi connectivity index (χ0v) is 21.0. The highest BCUT2D eigenvalue weighted by atomic mass is 35.5. The number of ether oxygens (including phenoxy) is 1. The van der Waals surface area contributed by atoms with Gasteiger partial charge in [-0.15, -0.1) is 0 Å². The van der Waals surface area contributed by atoms with Crippen molar-refractivity contribution in [2.45, 2.75) is 49.8 Å². The highest BCUT2D eigenvalue weighted by Gasteiger charge is 2.32. The summed E-state index contributed by atoms with van der Waals surface area (Å²) < 4.78 is 32.7. The van der Waals surface area contributed by atoms with E-state index >= 15 is 0 Å². The van der Waals surface area contributed by atoms with E-state index in [4.69, 9.17) is 21.2 Å². The molecule has 2 saturated heterocycles. The number of hydroxylamine groups is 1. The van der Waals surface area contributed by atoms with E-state index in [2.05, 4.69) is 15.8 Å². The minimum Gasteiger partial charge on any atom is -0.365 e. The molecular weight excluding hydrogens is 492 g/mol. The molecule has 1 unspecified atom stereocenters. The van der Waals surface area contributed by atoms with E-state index in [1.54, 1.807) is 42.6 Å². The van der Waals surface area contributed by atoms with E-state index in [0.29, 0.717) is 42.5 Å². The van der Waals surface area contributed by atoms with Gasteiger partial charge in [0.25, 0.3) is 5.91 Å². The minimum atomic E-state index is -3.55. The Morgan fingerprint density at radius 2 is 2.06 bits per heavy atom. The molecule has 0 saturated carbocycles. The van der Waals surface area contributed by atoms with Gasteiger partial charge in [-0.1, -0.05) is 29.3 Å². The highest BCUT2D eigenvalue weighted by Crippen LogP contribution is 2.26. The topological polar surface area (TPSA) is 110 Å². The number of rotatable bonds is 8. The number of halogens is 1. The van der Waals surface area contributed by atoms with Gasteiger partial charge in [0.15, 0.2) is 6.29 Å². The van der Waals surface area contributed by atoms with Gasteiger partial charge in [-0.25, -0.2) is 23.7 Å². The molecule has 4 rings (SSSR count). The van der Waals surface area contributed by atoms with E-state index in [1.165, 1.54) is 10.4 Å². The molecule has 11 heteroatoms. The summed E-state index contributed by atoms with van der Waals surface area (Å²) >= 11 is 6.39. The predicted molar refractivity (Wildman–Crippen MR) is 133 cm³/mol. The Morgan fingerprint density at radius 3 is 2.77 bits per heavy atom. The number of hydrogen-bond acceptors (Lipinski definition) is 7. The number of aryl methyl sites for hydroxylation is 1. The van der Waals surface area contributed by atoms with Gasteiger partial charge in [-0.2, -0.15) is 4.31 Å². The maximum Gasteiger partial charge on any atom is 0.267 e. The van der Waals surface area contributed by atoms with Gasteiger partial charge in [0.05, 0.1) is 9.92 Å². The van der Waals surface area contributed by atoms with Gasteiger partial charge in [0, 0.05) is 44.4 Å². The molecule has 0 aliphatic carbocycles. The molecule has 3 heterocycles. The first kappa shape index (κ1) is 25.6. The van der Waals surface area contributed by atoms with Gasteiger partial charge in [0.2, 0.25) is 10.0 Å². The van der Waals surface area contributed by atoms with Crippen LogP contribution in [-0.2, 0) is 24.4 Å². The molecule has 188 valence electrons. The fourth-order valence-corrected chi connectivity index (χ4v) is 5.63. The Balaban J connectivity index is 1.30. The van der Waals surface area contributed by atoms with Gasteiger partial charge in [-0.05, 0) is 56.0 Å². The van der Waals surface area contributed by atoms with Crippen molar-refractivity contribution in [1.29, 1.82) is 0 Å². The van der Waals surface area contributed by atoms with Crippen LogP contribution in [0.1, 0.15) is 36.8 Å². The molecular formula is C24H29ClN4O5S. The zero-order valence-electron chi connectivity index (χ0n) is 19.4. The van der Waals surface area contributed by atoms with E-state index in [1.807, 2.05) is 6.92 Å². The van der Waals surface area contributed by atoms with E-state index in [0.717, 1.165) is 24.8 Å². The Bertz CT molecular complexity index is 1170. The lowest BCUT2D eigenvalue weighted by molar-refractivity contribution is -0.198. The molecule has 2 N–H and O–H groups in total. The first-order valence-corrected chi connectivity index (χ1v) is 13.4. The smallest absolute Gasteiger partial charge is 0.267 e. The summed E-state index contributed by atoms with van der Waals surface area (Å²) in [6.07, 6.45) is 7.45. The number of sulfonamides is 1. The lowest BCUT2D eigenvalue weighted by atomic mass is 10.2. The number of hydrogen-bond donors (Lipinski definition) is 2.